The number of carbonyl (C=O) groups excluding carboxylic acids is 1. The summed E-state index contributed by atoms with van der Waals surface area (Å²) in [4.78, 5) is 11.4. The van der Waals surface area contributed by atoms with Gasteiger partial charge in [-0.15, -0.1) is 0 Å². The molecule has 1 fully saturated rings. The van der Waals surface area contributed by atoms with Gasteiger partial charge in [0, 0.05) is 10.9 Å². The lowest BCUT2D eigenvalue weighted by Crippen LogP contribution is -2.45. The highest BCUT2D eigenvalue weighted by Gasteiger charge is 2.43. The summed E-state index contributed by atoms with van der Waals surface area (Å²) in [7, 11) is 0. The molecule has 1 aromatic carbocycles. The van der Waals surface area contributed by atoms with Crippen LogP contribution >= 0.6 is 15.9 Å². The van der Waals surface area contributed by atoms with Gasteiger partial charge in [-0.2, -0.15) is 0 Å². The van der Waals surface area contributed by atoms with E-state index in [1.807, 2.05) is 18.2 Å². The Morgan fingerprint density at radius 1 is 1.50 bits per heavy atom. The van der Waals surface area contributed by atoms with E-state index in [1.165, 1.54) is 0 Å². The second-order valence-corrected chi connectivity index (χ2v) is 5.00. The van der Waals surface area contributed by atoms with E-state index in [2.05, 4.69) is 15.9 Å². The zero-order chi connectivity index (χ0) is 11.3. The third kappa shape index (κ3) is 1.39. The number of benzene rings is 1. The Hall–Kier alpha value is -0.910. The molecule has 3 rings (SSSR count). The third-order valence-corrected chi connectivity index (χ3v) is 3.63. The third-order valence-electron chi connectivity index (χ3n) is 3.14. The summed E-state index contributed by atoms with van der Waals surface area (Å²) in [6.45, 7) is -0.0349. The highest BCUT2D eigenvalue weighted by molar-refractivity contribution is 9.10. The van der Waals surface area contributed by atoms with Gasteiger partial charge in [-0.25, -0.2) is 5.06 Å². The molecule has 0 unspecified atom stereocenters. The van der Waals surface area contributed by atoms with Crippen molar-refractivity contribution < 1.29 is 14.7 Å². The van der Waals surface area contributed by atoms with Crippen molar-refractivity contribution in [1.29, 1.82) is 0 Å². The number of hydrogen-bond acceptors (Lipinski definition) is 3. The van der Waals surface area contributed by atoms with Crippen LogP contribution in [0.4, 0.5) is 0 Å². The van der Waals surface area contributed by atoms with Gasteiger partial charge in [0.25, 0.3) is 5.91 Å². The molecule has 2 aliphatic rings. The Bertz CT molecular complexity index is 463. The Labute approximate surface area is 101 Å². The number of carbonyl (C=O) groups is 1. The molecule has 1 amide bonds. The van der Waals surface area contributed by atoms with Crippen molar-refractivity contribution in [3.8, 4) is 0 Å². The minimum absolute atomic E-state index is 0.0349. The van der Waals surface area contributed by atoms with Gasteiger partial charge in [0.1, 0.15) is 12.6 Å². The van der Waals surface area contributed by atoms with Crippen LogP contribution in [-0.4, -0.2) is 28.9 Å². The number of rotatable bonds is 0. The van der Waals surface area contributed by atoms with Gasteiger partial charge in [0.05, 0.1) is 6.10 Å². The average Bonchev–Trinajstić information content (AvgIpc) is 2.62. The van der Waals surface area contributed by atoms with E-state index < -0.39 is 0 Å². The molecule has 0 saturated carbocycles. The molecular formula is C11H10BrNO3. The zero-order valence-electron chi connectivity index (χ0n) is 8.39. The minimum Gasteiger partial charge on any atom is -0.365 e. The van der Waals surface area contributed by atoms with Crippen molar-refractivity contribution in [1.82, 2.24) is 5.06 Å². The fraction of sp³-hybridized carbons (Fsp3) is 0.364. The fourth-order valence-corrected chi connectivity index (χ4v) is 2.77. The molecule has 16 heavy (non-hydrogen) atoms. The largest absolute Gasteiger partial charge is 0.365 e. The molecule has 1 saturated heterocycles. The van der Waals surface area contributed by atoms with Crippen LogP contribution in [0.15, 0.2) is 22.7 Å². The first kappa shape index (κ1) is 10.3. The van der Waals surface area contributed by atoms with Crippen molar-refractivity contribution in [2.24, 2.45) is 0 Å². The van der Waals surface area contributed by atoms with Crippen LogP contribution in [-0.2, 0) is 16.0 Å². The summed E-state index contributed by atoms with van der Waals surface area (Å²) >= 11 is 3.39. The molecule has 1 N–H and O–H groups in total. The van der Waals surface area contributed by atoms with Gasteiger partial charge in [-0.05, 0) is 23.3 Å². The maximum absolute atomic E-state index is 11.4. The van der Waals surface area contributed by atoms with Gasteiger partial charge >= 0.3 is 0 Å². The molecule has 0 radical (unpaired) electrons. The monoisotopic (exact) mass is 283 g/mol. The number of halogens is 1. The van der Waals surface area contributed by atoms with Crippen molar-refractivity contribution in [3.05, 3.63) is 33.8 Å². The van der Waals surface area contributed by atoms with Gasteiger partial charge in [-0.3, -0.25) is 10.0 Å². The van der Waals surface area contributed by atoms with Crippen LogP contribution in [0, 0.1) is 0 Å². The highest BCUT2D eigenvalue weighted by Crippen LogP contribution is 2.40. The topological polar surface area (TPSA) is 49.8 Å². The molecule has 84 valence electrons. The Morgan fingerprint density at radius 2 is 2.31 bits per heavy atom. The van der Waals surface area contributed by atoms with Gasteiger partial charge in [0.2, 0.25) is 0 Å². The molecule has 4 nitrogen and oxygen atoms in total. The maximum Gasteiger partial charge on any atom is 0.272 e. The number of fused-ring (bicyclic) bond motifs is 3. The van der Waals surface area contributed by atoms with Crippen LogP contribution in [0.2, 0.25) is 0 Å². The maximum atomic E-state index is 11.4. The number of nitrogens with zero attached hydrogens (tertiary/aromatic N) is 1. The molecule has 0 aromatic heterocycles. The van der Waals surface area contributed by atoms with E-state index in [9.17, 15) is 10.0 Å². The minimum atomic E-state index is -0.380. The molecule has 1 aliphatic carbocycles. The lowest BCUT2D eigenvalue weighted by molar-refractivity contribution is -0.212. The highest BCUT2D eigenvalue weighted by atomic mass is 79.9. The van der Waals surface area contributed by atoms with E-state index in [0.717, 1.165) is 27.1 Å². The van der Waals surface area contributed by atoms with Gasteiger partial charge in [0.15, 0.2) is 0 Å². The summed E-state index contributed by atoms with van der Waals surface area (Å²) < 4.78 is 6.38. The first-order valence-corrected chi connectivity index (χ1v) is 5.87. The van der Waals surface area contributed by atoms with E-state index >= 15 is 0 Å². The molecule has 1 aromatic rings. The summed E-state index contributed by atoms with van der Waals surface area (Å²) in [5.74, 6) is -0.380. The van der Waals surface area contributed by atoms with E-state index in [-0.39, 0.29) is 24.7 Å². The van der Waals surface area contributed by atoms with E-state index in [1.54, 1.807) is 0 Å². The first-order valence-electron chi connectivity index (χ1n) is 5.07. The first-order chi connectivity index (χ1) is 7.66. The molecule has 1 aliphatic heterocycles. The number of ether oxygens (including phenoxy) is 1. The van der Waals surface area contributed by atoms with E-state index in [0.29, 0.717) is 0 Å². The predicted molar refractivity (Wildman–Crippen MR) is 59.0 cm³/mol. The van der Waals surface area contributed by atoms with Crippen LogP contribution in [0.1, 0.15) is 17.2 Å². The smallest absolute Gasteiger partial charge is 0.272 e. The molecule has 0 bridgehead atoms. The summed E-state index contributed by atoms with van der Waals surface area (Å²) in [5, 5.41) is 10.6. The second kappa shape index (κ2) is 3.55. The Kier molecular flexibility index (Phi) is 2.27. The normalized spacial score (nSPS) is 27.9. The van der Waals surface area contributed by atoms with E-state index in [4.69, 9.17) is 4.74 Å². The lowest BCUT2D eigenvalue weighted by atomic mass is 10.1. The predicted octanol–water partition coefficient (Wildman–Crippen LogP) is 1.66. The van der Waals surface area contributed by atoms with Crippen molar-refractivity contribution >= 4 is 21.8 Å². The van der Waals surface area contributed by atoms with Gasteiger partial charge in [-0.1, -0.05) is 22.0 Å². The second-order valence-electron chi connectivity index (χ2n) is 4.08. The van der Waals surface area contributed by atoms with Crippen molar-refractivity contribution in [2.45, 2.75) is 18.6 Å². The lowest BCUT2D eigenvalue weighted by Gasteiger charge is -2.32. The van der Waals surface area contributed by atoms with Crippen LogP contribution in [0.5, 0.6) is 0 Å². The fourth-order valence-electron chi connectivity index (χ4n) is 2.39. The summed E-state index contributed by atoms with van der Waals surface area (Å²) in [5.41, 5.74) is 2.10. The number of hydrogen-bond donors (Lipinski definition) is 1. The van der Waals surface area contributed by atoms with Crippen LogP contribution in [0.3, 0.4) is 0 Å². The molecule has 5 heteroatoms. The Morgan fingerprint density at radius 3 is 3.12 bits per heavy atom. The van der Waals surface area contributed by atoms with Gasteiger partial charge < -0.3 is 4.74 Å². The average molecular weight is 284 g/mol. The summed E-state index contributed by atoms with van der Waals surface area (Å²) in [6, 6.07) is 5.54. The van der Waals surface area contributed by atoms with Crippen molar-refractivity contribution in [2.75, 3.05) is 6.61 Å². The number of hydroxylamine groups is 2. The zero-order valence-corrected chi connectivity index (χ0v) is 9.98. The molecular weight excluding hydrogens is 274 g/mol. The molecule has 2 atom stereocenters. The SMILES string of the molecule is O=C1CO[C@@H]2Cc3ccc(Br)cc3[C@@H]2N1O. The van der Waals surface area contributed by atoms with Crippen LogP contribution < -0.4 is 0 Å². The molecule has 1 heterocycles. The Balaban J connectivity index is 2.06. The quantitative estimate of drug-likeness (QED) is 0.737. The number of morpholine rings is 1. The molecule has 0 spiro atoms. The summed E-state index contributed by atoms with van der Waals surface area (Å²) in [6.07, 6.45) is 0.629. The van der Waals surface area contributed by atoms with Crippen molar-refractivity contribution in [3.63, 3.8) is 0 Å². The number of amides is 1. The standard InChI is InChI=1S/C11H10BrNO3/c12-7-2-1-6-3-9-11(8(6)4-7)13(15)10(14)5-16-9/h1-2,4,9,11,15H,3,5H2/t9-,11+/m1/s1. The van der Waals surface area contributed by atoms with Crippen LogP contribution in [0.25, 0.3) is 0 Å².